The van der Waals surface area contributed by atoms with Gasteiger partial charge in [-0.2, -0.15) is 0 Å². The van der Waals surface area contributed by atoms with Crippen molar-refractivity contribution in [3.05, 3.63) is 286 Å². The molecule has 1 aliphatic carbocycles. The molecule has 5 amide bonds. The van der Waals surface area contributed by atoms with E-state index in [0.717, 1.165) is 111 Å². The Morgan fingerprint density at radius 1 is 0.311 bits per heavy atom. The molecule has 0 aliphatic heterocycles. The number of carbonyl (C=O) groups excluding carboxylic acids is 5. The van der Waals surface area contributed by atoms with Crippen molar-refractivity contribution in [1.29, 1.82) is 0 Å². The summed E-state index contributed by atoms with van der Waals surface area (Å²) in [4.78, 5) is 58.5. The molecule has 22 heteroatoms. The summed E-state index contributed by atoms with van der Waals surface area (Å²) in [6, 6.07) is 59.6. The van der Waals surface area contributed by atoms with Gasteiger partial charge < -0.3 is 52.1 Å². The smallest absolute Gasteiger partial charge is 0.411 e. The lowest BCUT2D eigenvalue weighted by Crippen LogP contribution is -2.15. The fourth-order valence-electron chi connectivity index (χ4n) is 12.3. The maximum Gasteiger partial charge on any atom is 0.411 e. The second-order valence-corrected chi connectivity index (χ2v) is 29.8. The lowest BCUT2D eigenvalue weighted by Gasteiger charge is -2.15. The normalized spacial score (nSPS) is 10.9. The highest BCUT2D eigenvalue weighted by atomic mass is 127. The van der Waals surface area contributed by atoms with Crippen LogP contribution in [0.25, 0.3) is 0 Å². The van der Waals surface area contributed by atoms with Gasteiger partial charge in [0.05, 0.1) is 68.6 Å². The summed E-state index contributed by atoms with van der Waals surface area (Å²) < 4.78 is 60.8. The number of carbonyl (C=O) groups is 5. The summed E-state index contributed by atoms with van der Waals surface area (Å²) in [5.41, 5.74) is 23.1. The number of anilines is 5. The molecule has 1 saturated carbocycles. The Morgan fingerprint density at radius 3 is 0.891 bits per heavy atom. The summed E-state index contributed by atoms with van der Waals surface area (Å²) in [5.74, 6) is 5.57. The van der Waals surface area contributed by atoms with Crippen molar-refractivity contribution in [3.8, 4) is 34.5 Å². The summed E-state index contributed by atoms with van der Waals surface area (Å²) in [7, 11) is 1.60. The van der Waals surface area contributed by atoms with Crippen LogP contribution in [0.1, 0.15) is 160 Å². The Labute approximate surface area is 716 Å². The Hall–Kier alpha value is -11.9. The van der Waals surface area contributed by atoms with Gasteiger partial charge in [-0.15, -0.1) is 0 Å². The van der Waals surface area contributed by atoms with E-state index in [-0.39, 0.29) is 0 Å². The topological polar surface area (TPSA) is 247 Å². The van der Waals surface area contributed by atoms with Gasteiger partial charge in [0.2, 0.25) is 0 Å². The predicted octanol–water partition coefficient (Wildman–Crippen LogP) is 24.6. The van der Waals surface area contributed by atoms with Crippen LogP contribution in [-0.2, 0) is 63.1 Å². The molecule has 0 unspecified atom stereocenters. The lowest BCUT2D eigenvalue weighted by atomic mass is 10.1. The van der Waals surface area contributed by atoms with Crippen LogP contribution < -0.4 is 55.0 Å². The number of amides is 5. The van der Waals surface area contributed by atoms with E-state index in [2.05, 4.69) is 132 Å². The van der Waals surface area contributed by atoms with Gasteiger partial charge in [-0.3, -0.25) is 26.6 Å². The van der Waals surface area contributed by atoms with E-state index in [1.807, 2.05) is 170 Å². The van der Waals surface area contributed by atoms with E-state index in [1.54, 1.807) is 53.9 Å². The van der Waals surface area contributed by atoms with Crippen molar-refractivity contribution in [2.24, 2.45) is 0 Å². The third kappa shape index (κ3) is 32.1. The maximum atomic E-state index is 11.8. The molecule has 10 aromatic carbocycles. The molecule has 0 spiro atoms. The zero-order valence-electron chi connectivity index (χ0n) is 72.0. The molecule has 632 valence electrons. The molecule has 0 aromatic heterocycles. The standard InChI is InChI=1S/C21H25NO3.C20H25NO3.C19H23NO4.C19H23NO3.C18H20INO3/c1-4-24-21(23)22-19-9-8-17(16-6-7-16)12-18(19)13-25-20-10-5-14(2)11-15(20)3;1-5-16-8-9-18(21-20(22)23-6-2)17(12-16)13-24-19-10-7-14(3)11-15(19)4;1-5-23-19(21)20-17-8-7-16(22-4)11-15(17)12-24-18-9-6-13(2)10-14(18)3;1-5-22-19(21)20-17-8-6-14(3)11-16(17)12-23-18-9-7-13(2)10-15(18)4;1-4-22-18(21)20-16-7-6-15(19)10-14(16)11-23-17-8-5-12(2)9-13(17)3/h5,8-12,16H,4,6-7,13H2,1-3H3,(H,22,23);7-12H,5-6,13H2,1-4H3,(H,21,22);6-11H,5,12H2,1-4H3,(H,20,21);6-11H,5,12H2,1-4H3,(H,20,21);5-10H,4,11H2,1-3H3,(H,20,21). The molecular weight excluding hydrogens is 1620 g/mol. The number of benzene rings is 10. The van der Waals surface area contributed by atoms with Gasteiger partial charge in [-0.1, -0.05) is 137 Å². The van der Waals surface area contributed by atoms with Crippen molar-refractivity contribution >= 4 is 81.5 Å². The van der Waals surface area contributed by atoms with Crippen LogP contribution in [0, 0.1) is 79.7 Å². The summed E-state index contributed by atoms with van der Waals surface area (Å²) in [6.07, 6.45) is 1.12. The van der Waals surface area contributed by atoms with Crippen molar-refractivity contribution in [1.82, 2.24) is 0 Å². The second kappa shape index (κ2) is 48.7. The van der Waals surface area contributed by atoms with Crippen LogP contribution in [0.15, 0.2) is 182 Å². The van der Waals surface area contributed by atoms with E-state index in [0.29, 0.717) is 94.8 Å². The third-order valence-corrected chi connectivity index (χ3v) is 19.2. The minimum Gasteiger partial charge on any atom is -0.497 e. The number of nitrogens with one attached hydrogen (secondary N) is 5. The minimum atomic E-state index is -0.490. The Kier molecular flexibility index (Phi) is 38.6. The van der Waals surface area contributed by atoms with E-state index in [4.69, 9.17) is 52.1 Å². The van der Waals surface area contributed by atoms with Crippen molar-refractivity contribution < 1.29 is 76.1 Å². The first-order valence-corrected chi connectivity index (χ1v) is 41.2. The van der Waals surface area contributed by atoms with Gasteiger partial charge >= 0.3 is 30.5 Å². The Balaban J connectivity index is 0.000000205. The van der Waals surface area contributed by atoms with Crippen LogP contribution in [0.2, 0.25) is 0 Å². The molecule has 0 saturated heterocycles. The fourth-order valence-corrected chi connectivity index (χ4v) is 12.9. The zero-order valence-corrected chi connectivity index (χ0v) is 74.2. The molecule has 1 fully saturated rings. The molecule has 11 rings (SSSR count). The average molecular weight is 1730 g/mol. The van der Waals surface area contributed by atoms with Crippen molar-refractivity contribution in [3.63, 3.8) is 0 Å². The van der Waals surface area contributed by atoms with Crippen molar-refractivity contribution in [2.75, 3.05) is 66.7 Å². The lowest BCUT2D eigenvalue weighted by molar-refractivity contribution is 0.167. The number of rotatable bonds is 28. The summed E-state index contributed by atoms with van der Waals surface area (Å²) >= 11 is 2.24. The second-order valence-electron chi connectivity index (χ2n) is 28.5. The van der Waals surface area contributed by atoms with E-state index >= 15 is 0 Å². The monoisotopic (exact) mass is 1730 g/mol. The first kappa shape index (κ1) is 94.2. The first-order chi connectivity index (χ1) is 57.1. The zero-order chi connectivity index (χ0) is 86.5. The van der Waals surface area contributed by atoms with Crippen LogP contribution in [0.3, 0.4) is 0 Å². The van der Waals surface area contributed by atoms with Crippen LogP contribution >= 0.6 is 22.6 Å². The van der Waals surface area contributed by atoms with E-state index < -0.39 is 30.5 Å². The summed E-state index contributed by atoms with van der Waals surface area (Å²) in [5, 5.41) is 13.8. The molecule has 21 nitrogen and oxygen atoms in total. The van der Waals surface area contributed by atoms with Crippen LogP contribution in [-0.4, -0.2) is 70.6 Å². The largest absolute Gasteiger partial charge is 0.497 e. The van der Waals surface area contributed by atoms with E-state index in [1.165, 1.54) is 51.8 Å². The molecule has 0 bridgehead atoms. The van der Waals surface area contributed by atoms with Gasteiger partial charge in [-0.05, 0) is 282 Å². The van der Waals surface area contributed by atoms with Gasteiger partial charge in [-0.25, -0.2) is 24.0 Å². The van der Waals surface area contributed by atoms with E-state index in [9.17, 15) is 24.0 Å². The number of methoxy groups -OCH3 is 1. The molecule has 1 aliphatic rings. The molecule has 119 heavy (non-hydrogen) atoms. The number of ether oxygens (including phenoxy) is 11. The highest BCUT2D eigenvalue weighted by Crippen LogP contribution is 2.42. The van der Waals surface area contributed by atoms with Crippen LogP contribution in [0.5, 0.6) is 34.5 Å². The maximum absolute atomic E-state index is 11.8. The average Bonchev–Trinajstić information content (AvgIpc) is 1.72. The Morgan fingerprint density at radius 2 is 0.580 bits per heavy atom. The number of hydrogen-bond acceptors (Lipinski definition) is 16. The third-order valence-electron chi connectivity index (χ3n) is 18.5. The van der Waals surface area contributed by atoms with Gasteiger partial charge in [0.1, 0.15) is 67.5 Å². The van der Waals surface area contributed by atoms with Crippen molar-refractivity contribution in [2.45, 2.75) is 176 Å². The molecule has 10 aromatic rings. The highest BCUT2D eigenvalue weighted by Gasteiger charge is 2.25. The van der Waals surface area contributed by atoms with Crippen LogP contribution in [0.4, 0.5) is 52.4 Å². The minimum absolute atomic E-state index is 0.308. The molecule has 5 N–H and O–H groups in total. The number of hydrogen-bond donors (Lipinski definition) is 5. The predicted molar refractivity (Wildman–Crippen MR) is 482 cm³/mol. The van der Waals surface area contributed by atoms with Gasteiger partial charge in [0.15, 0.2) is 0 Å². The Bertz CT molecular complexity index is 4780. The SMILES string of the molecule is CCOC(=O)Nc1ccc(C)cc1COc1ccc(C)cc1C.CCOC(=O)Nc1ccc(C2CC2)cc1COc1ccc(C)cc1C.CCOC(=O)Nc1ccc(CC)cc1COc1ccc(C)cc1C.CCOC(=O)Nc1ccc(I)cc1COc1ccc(C)cc1C.CCOC(=O)Nc1ccc(OC)cc1COc1ccc(C)cc1C. The molecule has 0 atom stereocenters. The molecule has 0 heterocycles. The van der Waals surface area contributed by atoms with Gasteiger partial charge in [0.25, 0.3) is 0 Å². The number of aryl methyl sites for hydroxylation is 12. The fraction of sp³-hybridized carbons (Fsp3) is 0.330. The molecule has 0 radical (unpaired) electrons. The highest BCUT2D eigenvalue weighted by molar-refractivity contribution is 14.1. The van der Waals surface area contributed by atoms with Gasteiger partial charge in [0, 0.05) is 31.4 Å². The summed E-state index contributed by atoms with van der Waals surface area (Å²) in [6.45, 7) is 36.9. The quantitative estimate of drug-likeness (QED) is 0.0226. The first-order valence-electron chi connectivity index (χ1n) is 40.1. The molecular formula is C97H116IN5O16. The number of halogens is 1.